The van der Waals surface area contributed by atoms with E-state index in [1.54, 1.807) is 6.08 Å². The van der Waals surface area contributed by atoms with Crippen molar-refractivity contribution in [3.8, 4) is 0 Å². The van der Waals surface area contributed by atoms with E-state index in [0.717, 1.165) is 5.57 Å². The smallest absolute Gasteiger partial charge is 0.303 e. The maximum absolute atomic E-state index is 16.0. The minimum Gasteiger partial charge on any atom is -0.451 e. The Morgan fingerprint density at radius 1 is 1.21 bits per heavy atom. The Labute approximate surface area is 176 Å². The Kier molecular flexibility index (Phi) is 4.83. The number of alkyl halides is 1. The number of Topliss-reactive ketones (excluding diaryl/α,β-unsaturated/α-hetero) is 1. The third-order valence-corrected chi connectivity index (χ3v) is 8.92. The van der Waals surface area contributed by atoms with Crippen LogP contribution in [0.25, 0.3) is 0 Å². The van der Waals surface area contributed by atoms with E-state index < -0.39 is 34.7 Å². The van der Waals surface area contributed by atoms with Gasteiger partial charge in [-0.25, -0.2) is 4.39 Å². The number of rotatable bonds is 2. The van der Waals surface area contributed by atoms with Gasteiger partial charge >= 0.3 is 5.97 Å². The molecule has 8 atom stereocenters. The number of aliphatic hydroxyl groups is 1. The van der Waals surface area contributed by atoms with Gasteiger partial charge < -0.3 is 9.84 Å². The van der Waals surface area contributed by atoms with Gasteiger partial charge in [-0.2, -0.15) is 0 Å². The van der Waals surface area contributed by atoms with Crippen molar-refractivity contribution in [1.82, 2.24) is 0 Å². The highest BCUT2D eigenvalue weighted by Crippen LogP contribution is 2.68. The summed E-state index contributed by atoms with van der Waals surface area (Å²) in [7, 11) is 0. The van der Waals surface area contributed by atoms with Gasteiger partial charge in [0.15, 0.2) is 11.4 Å². The molecule has 4 aliphatic carbocycles. The van der Waals surface area contributed by atoms with Gasteiger partial charge in [0.1, 0.15) is 6.17 Å². The van der Waals surface area contributed by atoms with Crippen LogP contribution < -0.4 is 0 Å². The average molecular weight is 425 g/mol. The molecule has 0 heterocycles. The van der Waals surface area contributed by atoms with Crippen molar-refractivity contribution in [2.45, 2.75) is 77.7 Å². The fourth-order valence-corrected chi connectivity index (χ4v) is 7.76. The fraction of sp³-hybridized carbons (Fsp3) is 0.739. The summed E-state index contributed by atoms with van der Waals surface area (Å²) < 4.78 is 21.7. The number of hydrogen-bond acceptors (Lipinski definition) is 4. The van der Waals surface area contributed by atoms with E-state index in [2.05, 4.69) is 6.92 Å². The number of carbonyl (C=O) groups excluding carboxylic acids is 2. The van der Waals surface area contributed by atoms with E-state index in [0.29, 0.717) is 30.7 Å². The zero-order valence-corrected chi connectivity index (χ0v) is 18.3. The zero-order chi connectivity index (χ0) is 21.4. The summed E-state index contributed by atoms with van der Waals surface area (Å²) in [5, 5.41) is 10.7. The maximum atomic E-state index is 16.0. The molecule has 29 heavy (non-hydrogen) atoms. The summed E-state index contributed by atoms with van der Waals surface area (Å²) in [5.41, 5.74) is -1.65. The van der Waals surface area contributed by atoms with Crippen LogP contribution in [0.5, 0.6) is 0 Å². The van der Waals surface area contributed by atoms with Crippen LogP contribution in [0.15, 0.2) is 22.8 Å². The van der Waals surface area contributed by atoms with Gasteiger partial charge in [-0.3, -0.25) is 9.59 Å². The van der Waals surface area contributed by atoms with Crippen LogP contribution in [0, 0.1) is 28.6 Å². The normalized spacial score (nSPS) is 48.6. The first-order valence-electron chi connectivity index (χ1n) is 10.6. The molecule has 0 radical (unpaired) electrons. The van der Waals surface area contributed by atoms with E-state index in [-0.39, 0.29) is 30.0 Å². The Bertz CT molecular complexity index is 822. The minimum absolute atomic E-state index is 0.00160. The second-order valence-corrected chi connectivity index (χ2v) is 10.4. The molecule has 4 nitrogen and oxygen atoms in total. The number of carbonyl (C=O) groups is 2. The molecular formula is C23H30ClFO4. The van der Waals surface area contributed by atoms with E-state index in [9.17, 15) is 14.7 Å². The number of halogens is 2. The SMILES string of the molecule is CC(=O)O[C@]1(C(C)=O)CC[C@H]2[C@@H]3C=C(Cl)C4=C[C@@H](O)CC[C@]4(C)[C@H]3[C@@H](F)C[C@@]21C. The van der Waals surface area contributed by atoms with Crippen molar-refractivity contribution in [1.29, 1.82) is 0 Å². The average Bonchev–Trinajstić information content (AvgIpc) is 2.89. The molecule has 0 bridgehead atoms. The predicted molar refractivity (Wildman–Crippen MR) is 108 cm³/mol. The van der Waals surface area contributed by atoms with E-state index in [1.165, 1.54) is 13.8 Å². The van der Waals surface area contributed by atoms with Gasteiger partial charge in [-0.1, -0.05) is 37.6 Å². The Morgan fingerprint density at radius 2 is 1.90 bits per heavy atom. The van der Waals surface area contributed by atoms with Crippen molar-refractivity contribution >= 4 is 23.4 Å². The monoisotopic (exact) mass is 424 g/mol. The van der Waals surface area contributed by atoms with Gasteiger partial charge in [0.25, 0.3) is 0 Å². The van der Waals surface area contributed by atoms with Gasteiger partial charge in [0.2, 0.25) is 0 Å². The Morgan fingerprint density at radius 3 is 2.52 bits per heavy atom. The van der Waals surface area contributed by atoms with Crippen molar-refractivity contribution in [2.24, 2.45) is 28.6 Å². The topological polar surface area (TPSA) is 63.6 Å². The lowest BCUT2D eigenvalue weighted by molar-refractivity contribution is -0.190. The van der Waals surface area contributed by atoms with E-state index >= 15 is 4.39 Å². The number of aliphatic hydroxyl groups excluding tert-OH is 1. The number of esters is 1. The van der Waals surface area contributed by atoms with Gasteiger partial charge in [0.05, 0.1) is 6.10 Å². The van der Waals surface area contributed by atoms with Crippen molar-refractivity contribution < 1.29 is 23.8 Å². The van der Waals surface area contributed by atoms with E-state index in [4.69, 9.17) is 16.3 Å². The molecular weight excluding hydrogens is 395 g/mol. The number of fused-ring (bicyclic) bond motifs is 5. The molecule has 0 aromatic heterocycles. The molecule has 1 N–H and O–H groups in total. The molecule has 6 heteroatoms. The van der Waals surface area contributed by atoms with Gasteiger partial charge in [0, 0.05) is 23.3 Å². The molecule has 0 aliphatic heterocycles. The molecule has 0 unspecified atom stereocenters. The highest BCUT2D eigenvalue weighted by atomic mass is 35.5. The number of ketones is 1. The predicted octanol–water partition coefficient (Wildman–Crippen LogP) is 4.49. The Balaban J connectivity index is 1.83. The van der Waals surface area contributed by atoms with Crippen LogP contribution in [0.1, 0.15) is 59.8 Å². The standard InChI is InChI=1S/C23H30ClFO4/c1-12(26)23(29-13(2)27)8-6-16-15-10-18(24)17-9-14(28)5-7-21(17,3)20(15)19(25)11-22(16,23)4/h9-10,14-16,19-20,28H,5-8,11H2,1-4H3/t14-,15-,16-,19-,20+,21-,22-,23-/m0/s1. The molecule has 0 amide bonds. The summed E-state index contributed by atoms with van der Waals surface area (Å²) in [6.45, 7) is 6.73. The zero-order valence-electron chi connectivity index (χ0n) is 17.5. The van der Waals surface area contributed by atoms with Crippen LogP contribution in [0.2, 0.25) is 0 Å². The lowest BCUT2D eigenvalue weighted by Crippen LogP contribution is -2.61. The molecule has 4 aliphatic rings. The summed E-state index contributed by atoms with van der Waals surface area (Å²) >= 11 is 6.67. The quantitative estimate of drug-likeness (QED) is 0.663. The molecule has 0 saturated heterocycles. The van der Waals surface area contributed by atoms with Crippen molar-refractivity contribution in [3.05, 3.63) is 22.8 Å². The van der Waals surface area contributed by atoms with Crippen LogP contribution in [-0.2, 0) is 14.3 Å². The molecule has 2 saturated carbocycles. The summed E-state index contributed by atoms with van der Waals surface area (Å²) in [6.07, 6.45) is 4.58. The Hall–Kier alpha value is -1.20. The van der Waals surface area contributed by atoms with Crippen LogP contribution in [-0.4, -0.2) is 34.7 Å². The molecule has 4 rings (SSSR count). The lowest BCUT2D eigenvalue weighted by Gasteiger charge is -2.59. The highest BCUT2D eigenvalue weighted by Gasteiger charge is 2.70. The number of allylic oxidation sites excluding steroid dienone is 3. The van der Waals surface area contributed by atoms with Crippen molar-refractivity contribution in [2.75, 3.05) is 0 Å². The lowest BCUT2D eigenvalue weighted by atomic mass is 9.47. The van der Waals surface area contributed by atoms with Crippen LogP contribution >= 0.6 is 11.6 Å². The molecule has 0 aromatic rings. The van der Waals surface area contributed by atoms with E-state index in [1.807, 2.05) is 13.0 Å². The second kappa shape index (κ2) is 6.65. The summed E-state index contributed by atoms with van der Waals surface area (Å²) in [4.78, 5) is 24.6. The molecule has 2 fully saturated rings. The third-order valence-electron chi connectivity index (χ3n) is 8.59. The first kappa shape index (κ1) is 21.0. The highest BCUT2D eigenvalue weighted by molar-refractivity contribution is 6.32. The maximum Gasteiger partial charge on any atom is 0.303 e. The van der Waals surface area contributed by atoms with Crippen LogP contribution in [0.3, 0.4) is 0 Å². The van der Waals surface area contributed by atoms with Crippen LogP contribution in [0.4, 0.5) is 4.39 Å². The minimum atomic E-state index is -1.28. The number of ether oxygens (including phenoxy) is 1. The first-order valence-corrected chi connectivity index (χ1v) is 11.0. The molecule has 0 aromatic carbocycles. The van der Waals surface area contributed by atoms with Crippen molar-refractivity contribution in [3.63, 3.8) is 0 Å². The molecule has 160 valence electrons. The first-order chi connectivity index (χ1) is 13.5. The van der Waals surface area contributed by atoms with Gasteiger partial charge in [-0.15, -0.1) is 0 Å². The molecule has 0 spiro atoms. The third kappa shape index (κ3) is 2.72. The van der Waals surface area contributed by atoms with Gasteiger partial charge in [-0.05, 0) is 61.9 Å². The number of hydrogen-bond donors (Lipinski definition) is 1. The second-order valence-electron chi connectivity index (χ2n) is 9.98. The summed E-state index contributed by atoms with van der Waals surface area (Å²) in [5.74, 6) is -1.11. The summed E-state index contributed by atoms with van der Waals surface area (Å²) in [6, 6.07) is 0. The fourth-order valence-electron chi connectivity index (χ4n) is 7.33. The largest absolute Gasteiger partial charge is 0.451 e.